The van der Waals surface area contributed by atoms with Gasteiger partial charge < -0.3 is 78.7 Å². The molecule has 0 aromatic carbocycles. The van der Waals surface area contributed by atoms with E-state index in [0.29, 0.717) is 105 Å². The second kappa shape index (κ2) is 36.9. The molecule has 20 nitrogen and oxygen atoms in total. The quantitative estimate of drug-likeness (QED) is 0.0255. The summed E-state index contributed by atoms with van der Waals surface area (Å²) in [4.78, 5) is 12.0. The predicted octanol–water partition coefficient (Wildman–Crippen LogP) is -6.38. The summed E-state index contributed by atoms with van der Waals surface area (Å²) in [7, 11) is 3.74. The van der Waals surface area contributed by atoms with Gasteiger partial charge in [-0.2, -0.15) is 0 Å². The van der Waals surface area contributed by atoms with Crippen molar-refractivity contribution in [1.29, 1.82) is 0 Å². The average molecular weight is 813 g/mol. The summed E-state index contributed by atoms with van der Waals surface area (Å²) in [5.41, 5.74) is 28.0. The van der Waals surface area contributed by atoms with Crippen LogP contribution < -0.4 is 39.3 Å². The van der Waals surface area contributed by atoms with Crippen LogP contribution in [0.4, 0.5) is 0 Å². The maximum absolute atomic E-state index is 11.0. The van der Waals surface area contributed by atoms with Crippen molar-refractivity contribution in [2.24, 2.45) is 39.1 Å². The largest absolute Gasteiger partial charge is 0.389 e. The maximum Gasteiger partial charge on any atom is 0.0900 e. The van der Waals surface area contributed by atoms with Crippen LogP contribution in [0.1, 0.15) is 0 Å². The van der Waals surface area contributed by atoms with Crippen molar-refractivity contribution in [2.45, 2.75) is 24.4 Å². The summed E-state index contributed by atoms with van der Waals surface area (Å²) in [6.07, 6.45) is -3.25. The Hall–Kier alpha value is -1.09. The Balaban J connectivity index is 6.09. The van der Waals surface area contributed by atoms with E-state index < -0.39 is 29.8 Å². The zero-order valence-electron chi connectivity index (χ0n) is 34.9. The molecule has 0 aliphatic carbocycles. The van der Waals surface area contributed by atoms with E-state index in [9.17, 15) is 20.4 Å². The monoisotopic (exact) mass is 813 g/mol. The van der Waals surface area contributed by atoms with E-state index in [1.54, 1.807) is 0 Å². The van der Waals surface area contributed by atoms with Gasteiger partial charge in [-0.25, -0.2) is 0 Å². The molecule has 0 spiro atoms. The number of likely N-dealkylation sites (N-methyl/N-ethyl adjacent to an activating group) is 2. The highest BCUT2D eigenvalue weighted by Crippen LogP contribution is 2.22. The van der Waals surface area contributed by atoms with Crippen LogP contribution in [0, 0.1) is 5.41 Å². The number of aliphatic hydroxyl groups excluding tert-OH is 4. The number of nitrogens with one attached hydrogen (secondary N) is 2. The smallest absolute Gasteiger partial charge is 0.0900 e. The van der Waals surface area contributed by atoms with Gasteiger partial charge in [0.1, 0.15) is 0 Å². The van der Waals surface area contributed by atoms with Crippen molar-refractivity contribution in [3.05, 3.63) is 0 Å². The van der Waals surface area contributed by atoms with E-state index in [1.165, 1.54) is 0 Å². The summed E-state index contributed by atoms with van der Waals surface area (Å²) in [6.45, 7) is 14.5. The molecule has 0 aliphatic rings. The van der Waals surface area contributed by atoms with Crippen molar-refractivity contribution < 1.29 is 39.4 Å². The molecule has 0 aliphatic heterocycles. The molecular formula is C36H84N12O8. The van der Waals surface area contributed by atoms with Crippen molar-refractivity contribution in [3.8, 4) is 0 Å². The molecule has 4 atom stereocenters. The minimum Gasteiger partial charge on any atom is -0.389 e. The van der Waals surface area contributed by atoms with Crippen molar-refractivity contribution >= 4 is 6.72 Å². The minimum absolute atomic E-state index is 0.00434. The Morgan fingerprint density at radius 2 is 0.768 bits per heavy atom. The zero-order chi connectivity index (χ0) is 41.9. The van der Waals surface area contributed by atoms with Crippen LogP contribution in [-0.4, -0.2) is 269 Å². The molecule has 0 aromatic rings. The molecule has 20 heteroatoms. The molecule has 0 aromatic heterocycles. The lowest BCUT2D eigenvalue weighted by Crippen LogP contribution is -2.46. The molecule has 0 saturated carbocycles. The topological polar surface area (TPSA) is 297 Å². The van der Waals surface area contributed by atoms with Gasteiger partial charge in [-0.05, 0) is 20.8 Å². The summed E-state index contributed by atoms with van der Waals surface area (Å²) < 4.78 is 24.7. The molecule has 0 radical (unpaired) electrons. The van der Waals surface area contributed by atoms with Crippen LogP contribution in [0.2, 0.25) is 0 Å². The van der Waals surface area contributed by atoms with Gasteiger partial charge in [-0.3, -0.25) is 24.6 Å². The number of rotatable bonds is 43. The van der Waals surface area contributed by atoms with E-state index in [2.05, 4.69) is 32.1 Å². The van der Waals surface area contributed by atoms with E-state index in [-0.39, 0.29) is 52.9 Å². The first-order valence-corrected chi connectivity index (χ1v) is 20.2. The van der Waals surface area contributed by atoms with Gasteiger partial charge in [-0.1, -0.05) is 0 Å². The van der Waals surface area contributed by atoms with Gasteiger partial charge in [0.25, 0.3) is 0 Å². The maximum atomic E-state index is 11.0. The molecule has 16 N–H and O–H groups in total. The Morgan fingerprint density at radius 3 is 1.02 bits per heavy atom. The van der Waals surface area contributed by atoms with Crippen molar-refractivity contribution in [3.63, 3.8) is 0 Å². The van der Waals surface area contributed by atoms with Crippen LogP contribution in [0.5, 0.6) is 0 Å². The van der Waals surface area contributed by atoms with Crippen LogP contribution >= 0.6 is 0 Å². The van der Waals surface area contributed by atoms with E-state index in [1.807, 2.05) is 23.9 Å². The SMILES string of the molecule is C=NCCN(CCN)CC(O)COCC(COCC(O)CN(CCN)CCN)(COCC(O)CN(CCN)CCNC)COCC(O)CN(CCN)CCNC. The lowest BCUT2D eigenvalue weighted by molar-refractivity contribution is -0.134. The fraction of sp³-hybridized carbons (Fsp3) is 0.972. The normalized spacial score (nSPS) is 15.6. The standard InChI is InChI=1S/C36H84N12O8/c1-42-9-17-46(14-6-39)21-33(50)25-54-29-36(28-53-24-32(49)20-45(12-4-37)13-5-38,30-55-26-34(51)22-47(15-7-40)18-10-43-2)31-56-27-35(52)23-48(16-8-41)19-11-44-3/h32-35,43-44,49-52H,1,4-31,37-41H2,2-3H3. The number of hydrogen-bond donors (Lipinski definition) is 11. The fourth-order valence-electron chi connectivity index (χ4n) is 6.14. The molecule has 336 valence electrons. The Kier molecular flexibility index (Phi) is 36.2. The lowest BCUT2D eigenvalue weighted by Gasteiger charge is -2.35. The van der Waals surface area contributed by atoms with Crippen molar-refractivity contribution in [2.75, 3.05) is 198 Å². The summed E-state index contributed by atoms with van der Waals surface area (Å²) in [5, 5.41) is 50.0. The first kappa shape index (κ1) is 54.9. The van der Waals surface area contributed by atoms with Gasteiger partial charge in [0.15, 0.2) is 0 Å². The van der Waals surface area contributed by atoms with Crippen LogP contribution in [-0.2, 0) is 18.9 Å². The third-order valence-corrected chi connectivity index (χ3v) is 8.91. The third kappa shape index (κ3) is 29.2. The highest BCUT2D eigenvalue weighted by molar-refractivity contribution is 5.23. The molecule has 0 saturated heterocycles. The highest BCUT2D eigenvalue weighted by atomic mass is 16.5. The van der Waals surface area contributed by atoms with E-state index in [0.717, 1.165) is 26.2 Å². The molecule has 0 heterocycles. The van der Waals surface area contributed by atoms with Gasteiger partial charge in [0.2, 0.25) is 0 Å². The number of hydrogen-bond acceptors (Lipinski definition) is 20. The summed E-state index contributed by atoms with van der Waals surface area (Å²) in [6, 6.07) is 0. The average Bonchev–Trinajstić information content (AvgIpc) is 3.15. The first-order valence-electron chi connectivity index (χ1n) is 20.2. The Morgan fingerprint density at radius 1 is 0.500 bits per heavy atom. The summed E-state index contributed by atoms with van der Waals surface area (Å²) in [5.74, 6) is 0. The lowest BCUT2D eigenvalue weighted by atomic mass is 9.92. The number of ether oxygens (including phenoxy) is 4. The Labute approximate surface area is 337 Å². The number of nitrogens with two attached hydrogens (primary N) is 5. The minimum atomic E-state index is -0.955. The second-order valence-corrected chi connectivity index (χ2v) is 14.5. The number of nitrogens with zero attached hydrogens (tertiary/aromatic N) is 5. The second-order valence-electron chi connectivity index (χ2n) is 14.5. The van der Waals surface area contributed by atoms with E-state index >= 15 is 0 Å². The van der Waals surface area contributed by atoms with Gasteiger partial charge in [-0.15, -0.1) is 0 Å². The molecule has 4 unspecified atom stereocenters. The first-order chi connectivity index (χ1) is 27.0. The van der Waals surface area contributed by atoms with Crippen LogP contribution in [0.25, 0.3) is 0 Å². The molecule has 0 rings (SSSR count). The number of aliphatic hydroxyl groups is 4. The zero-order valence-corrected chi connectivity index (χ0v) is 34.9. The third-order valence-electron chi connectivity index (χ3n) is 8.91. The van der Waals surface area contributed by atoms with Crippen LogP contribution in [0.3, 0.4) is 0 Å². The van der Waals surface area contributed by atoms with Crippen molar-refractivity contribution in [1.82, 2.24) is 30.2 Å². The van der Waals surface area contributed by atoms with Gasteiger partial charge >= 0.3 is 0 Å². The van der Waals surface area contributed by atoms with E-state index in [4.69, 9.17) is 47.6 Å². The van der Waals surface area contributed by atoms with Gasteiger partial charge in [0, 0.05) is 124 Å². The summed E-state index contributed by atoms with van der Waals surface area (Å²) >= 11 is 0. The molecule has 0 fully saturated rings. The molecule has 0 bridgehead atoms. The fourth-order valence-corrected chi connectivity index (χ4v) is 6.14. The van der Waals surface area contributed by atoms with Crippen LogP contribution in [0.15, 0.2) is 4.99 Å². The van der Waals surface area contributed by atoms with Gasteiger partial charge in [0.05, 0.1) is 89.2 Å². The molecule has 0 amide bonds. The molecular weight excluding hydrogens is 728 g/mol. The number of aliphatic imine (C=N–C) groups is 1. The highest BCUT2D eigenvalue weighted by Gasteiger charge is 2.34. The Bertz CT molecular complexity index is 843. The molecule has 56 heavy (non-hydrogen) atoms. The predicted molar refractivity (Wildman–Crippen MR) is 223 cm³/mol.